The van der Waals surface area contributed by atoms with Gasteiger partial charge in [-0.15, -0.1) is 11.3 Å². The summed E-state index contributed by atoms with van der Waals surface area (Å²) < 4.78 is 5.90. The summed E-state index contributed by atoms with van der Waals surface area (Å²) in [6.45, 7) is 2.06. The molecule has 0 aliphatic rings. The number of hydrogen-bond donors (Lipinski definition) is 1. The first-order valence-corrected chi connectivity index (χ1v) is 6.67. The molecule has 1 N–H and O–H groups in total. The minimum Gasteiger partial charge on any atom is -0.494 e. The van der Waals surface area contributed by atoms with Crippen molar-refractivity contribution in [3.63, 3.8) is 0 Å². The van der Waals surface area contributed by atoms with E-state index >= 15 is 0 Å². The third-order valence-corrected chi connectivity index (χ3v) is 3.92. The Kier molecular flexibility index (Phi) is 3.73. The molecule has 0 unspecified atom stereocenters. The third kappa shape index (κ3) is 2.15. The first-order valence-electron chi connectivity index (χ1n) is 5.47. The zero-order valence-electron chi connectivity index (χ0n) is 9.99. The number of carboxylic acids is 1. The lowest BCUT2D eigenvalue weighted by Gasteiger charge is -2.06. The number of methoxy groups -OCH3 is 1. The third-order valence-electron chi connectivity index (χ3n) is 2.52. The zero-order valence-corrected chi connectivity index (χ0v) is 11.6. The molecule has 0 fully saturated rings. The molecule has 0 saturated heterocycles. The summed E-state index contributed by atoms with van der Waals surface area (Å²) in [6, 6.07) is 1.39. The van der Waals surface area contributed by atoms with Crippen LogP contribution in [0.1, 0.15) is 28.7 Å². The summed E-state index contributed by atoms with van der Waals surface area (Å²) in [6.07, 6.45) is 1.83. The second-order valence-electron chi connectivity index (χ2n) is 3.78. The Morgan fingerprint density at radius 3 is 2.89 bits per heavy atom. The van der Waals surface area contributed by atoms with Crippen LogP contribution in [0.15, 0.2) is 6.07 Å². The first kappa shape index (κ1) is 13.1. The minimum absolute atomic E-state index is 0.0710. The molecule has 6 heteroatoms. The maximum atomic E-state index is 11.2. The van der Waals surface area contributed by atoms with Gasteiger partial charge in [0.25, 0.3) is 0 Å². The summed E-state index contributed by atoms with van der Waals surface area (Å²) >= 11 is 7.51. The summed E-state index contributed by atoms with van der Waals surface area (Å²) in [5.41, 5.74) is 0.689. The second-order valence-corrected chi connectivity index (χ2v) is 5.27. The van der Waals surface area contributed by atoms with E-state index in [9.17, 15) is 4.79 Å². The largest absolute Gasteiger partial charge is 0.494 e. The van der Waals surface area contributed by atoms with Gasteiger partial charge in [-0.05, 0) is 18.9 Å². The normalized spacial score (nSPS) is 10.8. The van der Waals surface area contributed by atoms with E-state index in [-0.39, 0.29) is 5.56 Å². The monoisotopic (exact) mass is 285 g/mol. The minimum atomic E-state index is -1.05. The van der Waals surface area contributed by atoms with Crippen molar-refractivity contribution in [2.75, 3.05) is 7.11 Å². The van der Waals surface area contributed by atoms with Gasteiger partial charge in [0, 0.05) is 0 Å². The number of fused-ring (bicyclic) bond motifs is 1. The van der Waals surface area contributed by atoms with Crippen molar-refractivity contribution < 1.29 is 14.6 Å². The molecule has 2 aromatic rings. The first-order chi connectivity index (χ1) is 8.58. The number of benzene rings is 1. The predicted octanol–water partition coefficient (Wildman–Crippen LogP) is 3.61. The van der Waals surface area contributed by atoms with Gasteiger partial charge in [-0.3, -0.25) is 0 Å². The number of rotatable bonds is 4. The fourth-order valence-corrected chi connectivity index (χ4v) is 3.26. The highest BCUT2D eigenvalue weighted by Gasteiger charge is 2.20. The fraction of sp³-hybridized carbons (Fsp3) is 0.333. The molecule has 0 radical (unpaired) electrons. The zero-order chi connectivity index (χ0) is 13.3. The van der Waals surface area contributed by atoms with Crippen LogP contribution in [0.2, 0.25) is 5.02 Å². The lowest BCUT2D eigenvalue weighted by atomic mass is 10.2. The van der Waals surface area contributed by atoms with E-state index in [0.717, 1.165) is 17.8 Å². The van der Waals surface area contributed by atoms with Crippen LogP contribution in [-0.2, 0) is 6.42 Å². The molecule has 2 rings (SSSR count). The average Bonchev–Trinajstić information content (AvgIpc) is 2.73. The Hall–Kier alpha value is -1.33. The number of ether oxygens (including phenoxy) is 1. The summed E-state index contributed by atoms with van der Waals surface area (Å²) in [7, 11) is 1.45. The van der Waals surface area contributed by atoms with Crippen LogP contribution in [0.3, 0.4) is 0 Å². The molecule has 0 aliphatic carbocycles. The lowest BCUT2D eigenvalue weighted by Crippen LogP contribution is -2.00. The molecular weight excluding hydrogens is 274 g/mol. The van der Waals surface area contributed by atoms with Gasteiger partial charge in [0.1, 0.15) is 11.1 Å². The van der Waals surface area contributed by atoms with Crippen LogP contribution in [0.25, 0.3) is 10.2 Å². The summed E-state index contributed by atoms with van der Waals surface area (Å²) in [5, 5.41) is 10.4. The van der Waals surface area contributed by atoms with Crippen LogP contribution >= 0.6 is 22.9 Å². The van der Waals surface area contributed by atoms with Crippen LogP contribution in [0.4, 0.5) is 0 Å². The number of carbonyl (C=O) groups is 1. The van der Waals surface area contributed by atoms with E-state index in [1.807, 2.05) is 0 Å². The van der Waals surface area contributed by atoms with E-state index in [4.69, 9.17) is 21.4 Å². The highest BCUT2D eigenvalue weighted by atomic mass is 35.5. The molecule has 0 atom stereocenters. The maximum absolute atomic E-state index is 11.2. The lowest BCUT2D eigenvalue weighted by molar-refractivity contribution is 0.0693. The van der Waals surface area contributed by atoms with Crippen LogP contribution < -0.4 is 4.74 Å². The maximum Gasteiger partial charge on any atom is 0.339 e. The Morgan fingerprint density at radius 2 is 2.33 bits per heavy atom. The number of carboxylic acid groups (broad SMARTS) is 1. The summed E-state index contributed by atoms with van der Waals surface area (Å²) in [5.74, 6) is -0.720. The number of aromatic carboxylic acids is 1. The molecule has 1 aromatic carbocycles. The van der Waals surface area contributed by atoms with Crippen molar-refractivity contribution in [2.45, 2.75) is 19.8 Å². The van der Waals surface area contributed by atoms with Crippen molar-refractivity contribution in [1.29, 1.82) is 0 Å². The van der Waals surface area contributed by atoms with Gasteiger partial charge in [-0.1, -0.05) is 18.5 Å². The number of thiazole rings is 1. The van der Waals surface area contributed by atoms with Gasteiger partial charge < -0.3 is 9.84 Å². The number of hydrogen-bond acceptors (Lipinski definition) is 4. The molecular formula is C12H12ClNO3S. The molecule has 0 bridgehead atoms. The molecule has 96 valence electrons. The standard InChI is InChI=1S/C12H12ClNO3S/c1-3-4-8-14-9-7(13)5-6(12(15)16)10(17-2)11(9)18-8/h5H,3-4H2,1-2H3,(H,15,16). The van der Waals surface area contributed by atoms with Crippen molar-refractivity contribution in [2.24, 2.45) is 0 Å². The van der Waals surface area contributed by atoms with E-state index in [0.29, 0.717) is 21.0 Å². The highest BCUT2D eigenvalue weighted by Crippen LogP contribution is 2.38. The van der Waals surface area contributed by atoms with Gasteiger partial charge in [-0.2, -0.15) is 0 Å². The highest BCUT2D eigenvalue weighted by molar-refractivity contribution is 7.19. The van der Waals surface area contributed by atoms with Gasteiger partial charge in [0.05, 0.1) is 21.8 Å². The molecule has 1 aromatic heterocycles. The van der Waals surface area contributed by atoms with Gasteiger partial charge in [-0.25, -0.2) is 9.78 Å². The number of aryl methyl sites for hydroxylation is 1. The molecule has 4 nitrogen and oxygen atoms in total. The van der Waals surface area contributed by atoms with Crippen molar-refractivity contribution in [3.8, 4) is 5.75 Å². The quantitative estimate of drug-likeness (QED) is 0.932. The second kappa shape index (κ2) is 5.12. The van der Waals surface area contributed by atoms with Crippen LogP contribution in [-0.4, -0.2) is 23.2 Å². The van der Waals surface area contributed by atoms with Crippen molar-refractivity contribution in [3.05, 3.63) is 21.7 Å². The van der Waals surface area contributed by atoms with E-state index in [2.05, 4.69) is 11.9 Å². The smallest absolute Gasteiger partial charge is 0.339 e. The average molecular weight is 286 g/mol. The SMILES string of the molecule is CCCc1nc2c(Cl)cc(C(=O)O)c(OC)c2s1. The summed E-state index contributed by atoms with van der Waals surface area (Å²) in [4.78, 5) is 15.6. The Labute approximate surface area is 113 Å². The molecule has 0 amide bonds. The van der Waals surface area contributed by atoms with Gasteiger partial charge >= 0.3 is 5.97 Å². The van der Waals surface area contributed by atoms with Crippen molar-refractivity contribution in [1.82, 2.24) is 4.98 Å². The molecule has 0 saturated carbocycles. The molecule has 0 spiro atoms. The molecule has 18 heavy (non-hydrogen) atoms. The van der Waals surface area contributed by atoms with Crippen LogP contribution in [0.5, 0.6) is 5.75 Å². The predicted molar refractivity (Wildman–Crippen MR) is 72.1 cm³/mol. The van der Waals surface area contributed by atoms with Crippen LogP contribution in [0, 0.1) is 0 Å². The fourth-order valence-electron chi connectivity index (χ4n) is 1.75. The number of nitrogens with zero attached hydrogens (tertiary/aromatic N) is 1. The van der Waals surface area contributed by atoms with Gasteiger partial charge in [0.15, 0.2) is 5.75 Å². The molecule has 1 heterocycles. The number of halogens is 1. The van der Waals surface area contributed by atoms with E-state index in [1.54, 1.807) is 0 Å². The Balaban J connectivity index is 2.73. The Bertz CT molecular complexity index is 609. The van der Waals surface area contributed by atoms with E-state index < -0.39 is 5.97 Å². The van der Waals surface area contributed by atoms with Gasteiger partial charge in [0.2, 0.25) is 0 Å². The van der Waals surface area contributed by atoms with Crippen molar-refractivity contribution >= 4 is 39.1 Å². The Morgan fingerprint density at radius 1 is 1.61 bits per heavy atom. The number of aromatic nitrogens is 1. The topological polar surface area (TPSA) is 59.4 Å². The molecule has 0 aliphatic heterocycles. The van der Waals surface area contributed by atoms with E-state index in [1.165, 1.54) is 24.5 Å².